The molecule has 1 atom stereocenters. The third-order valence-electron chi connectivity index (χ3n) is 6.79. The molecule has 4 aromatic rings. The van der Waals surface area contributed by atoms with Gasteiger partial charge in [-0.3, -0.25) is 4.90 Å². The monoisotopic (exact) mass is 489 g/mol. The number of benzene rings is 3. The van der Waals surface area contributed by atoms with E-state index in [2.05, 4.69) is 47.7 Å². The molecule has 0 N–H and O–H groups in total. The Bertz CT molecular complexity index is 1480. The summed E-state index contributed by atoms with van der Waals surface area (Å²) >= 11 is 5.90. The number of nitrogens with zero attached hydrogens (tertiary/aromatic N) is 3. The second-order valence-corrected chi connectivity index (χ2v) is 9.60. The number of imidazole rings is 1. The molecule has 0 amide bonds. The highest BCUT2D eigenvalue weighted by atomic mass is 35.5. The van der Waals surface area contributed by atoms with Crippen LogP contribution < -0.4 is 9.47 Å². The molecule has 2 aliphatic heterocycles. The molecule has 0 aliphatic carbocycles. The molecule has 0 fully saturated rings. The van der Waals surface area contributed by atoms with E-state index in [4.69, 9.17) is 26.1 Å². The highest BCUT2D eigenvalue weighted by Crippen LogP contribution is 2.46. The molecule has 178 valence electrons. The first-order valence-electron chi connectivity index (χ1n) is 11.7. The summed E-state index contributed by atoms with van der Waals surface area (Å²) in [5.74, 6) is 1.91. The van der Waals surface area contributed by atoms with E-state index in [-0.39, 0.29) is 0 Å². The molecule has 35 heavy (non-hydrogen) atoms. The molecule has 5 nitrogen and oxygen atoms in total. The second-order valence-electron chi connectivity index (χ2n) is 9.16. The Labute approximate surface area is 208 Å². The molecular weight excluding hydrogens is 465 g/mol. The van der Waals surface area contributed by atoms with Crippen molar-refractivity contribution in [2.45, 2.75) is 26.2 Å². The summed E-state index contributed by atoms with van der Waals surface area (Å²) in [6.07, 6.45) is 2.29. The van der Waals surface area contributed by atoms with Crippen molar-refractivity contribution in [3.05, 3.63) is 94.0 Å². The Hall–Kier alpha value is -3.35. The zero-order valence-corrected chi connectivity index (χ0v) is 20.3. The van der Waals surface area contributed by atoms with Crippen LogP contribution in [0.5, 0.6) is 11.5 Å². The fraction of sp³-hybridized carbons (Fsp3) is 0.250. The standard InChI is InChI=1S/C28H25ClFN3O2/c1-17-6-9-24-23(14-17)31-26(32(24)2)16-33-12-10-18(11-13-33)20-4-3-5-25-27(20)35-28(34-25)21-8-7-19(29)15-22(21)30/h3-10,14-15,28H,11-13,16H2,1-2H3. The SMILES string of the molecule is Cc1ccc2c(c1)nc(CN1CC=C(c3cccc4c3OC(c3ccc(Cl)cc3F)O4)CC1)n2C. The molecule has 1 unspecified atom stereocenters. The molecule has 0 saturated carbocycles. The van der Waals surface area contributed by atoms with Crippen molar-refractivity contribution in [1.29, 1.82) is 0 Å². The normalized spacial score (nSPS) is 17.7. The molecule has 3 aromatic carbocycles. The van der Waals surface area contributed by atoms with Gasteiger partial charge in [-0.05, 0) is 60.9 Å². The predicted octanol–water partition coefficient (Wildman–Crippen LogP) is 6.43. The van der Waals surface area contributed by atoms with E-state index in [0.717, 1.165) is 48.5 Å². The van der Waals surface area contributed by atoms with Crippen molar-refractivity contribution < 1.29 is 13.9 Å². The van der Waals surface area contributed by atoms with Crippen LogP contribution in [0.15, 0.2) is 60.7 Å². The van der Waals surface area contributed by atoms with Crippen LogP contribution >= 0.6 is 11.6 Å². The molecular formula is C28H25ClFN3O2. The van der Waals surface area contributed by atoms with Crippen molar-refractivity contribution in [3.8, 4) is 11.5 Å². The van der Waals surface area contributed by atoms with E-state index >= 15 is 0 Å². The quantitative estimate of drug-likeness (QED) is 0.331. The smallest absolute Gasteiger partial charge is 0.270 e. The average molecular weight is 490 g/mol. The van der Waals surface area contributed by atoms with Gasteiger partial charge in [0.1, 0.15) is 11.6 Å². The summed E-state index contributed by atoms with van der Waals surface area (Å²) < 4.78 is 28.7. The van der Waals surface area contributed by atoms with E-state index in [1.165, 1.54) is 17.2 Å². The number of hydrogen-bond donors (Lipinski definition) is 0. The molecule has 2 aliphatic rings. The van der Waals surface area contributed by atoms with Gasteiger partial charge in [-0.1, -0.05) is 35.9 Å². The van der Waals surface area contributed by atoms with Crippen LogP contribution in [-0.2, 0) is 13.6 Å². The molecule has 0 saturated heterocycles. The molecule has 3 heterocycles. The maximum Gasteiger partial charge on any atom is 0.270 e. The summed E-state index contributed by atoms with van der Waals surface area (Å²) in [5.41, 5.74) is 5.95. The zero-order chi connectivity index (χ0) is 24.1. The van der Waals surface area contributed by atoms with Crippen molar-refractivity contribution in [1.82, 2.24) is 14.5 Å². The van der Waals surface area contributed by atoms with Crippen molar-refractivity contribution in [3.63, 3.8) is 0 Å². The number of hydrogen-bond acceptors (Lipinski definition) is 4. The first-order valence-corrected chi connectivity index (χ1v) is 12.1. The molecule has 6 rings (SSSR count). The van der Waals surface area contributed by atoms with Gasteiger partial charge in [0.2, 0.25) is 0 Å². The first kappa shape index (κ1) is 22.1. The molecule has 7 heteroatoms. The van der Waals surface area contributed by atoms with Crippen molar-refractivity contribution >= 4 is 28.2 Å². The van der Waals surface area contributed by atoms with Crippen LogP contribution in [0.25, 0.3) is 16.6 Å². The van der Waals surface area contributed by atoms with Gasteiger partial charge in [0.15, 0.2) is 11.5 Å². The Morgan fingerprint density at radius 3 is 2.80 bits per heavy atom. The summed E-state index contributed by atoms with van der Waals surface area (Å²) in [7, 11) is 2.08. The second kappa shape index (κ2) is 8.70. The predicted molar refractivity (Wildman–Crippen MR) is 135 cm³/mol. The Balaban J connectivity index is 1.20. The van der Waals surface area contributed by atoms with E-state index in [0.29, 0.717) is 22.1 Å². The lowest BCUT2D eigenvalue weighted by atomic mass is 9.98. The Kier molecular flexibility index (Phi) is 5.50. The largest absolute Gasteiger partial charge is 0.447 e. The molecule has 0 radical (unpaired) electrons. The lowest BCUT2D eigenvalue weighted by molar-refractivity contribution is 0.0453. The van der Waals surface area contributed by atoms with E-state index in [9.17, 15) is 4.39 Å². The maximum atomic E-state index is 14.5. The third-order valence-corrected chi connectivity index (χ3v) is 7.02. The number of halogens is 2. The van der Waals surface area contributed by atoms with Gasteiger partial charge in [0.25, 0.3) is 6.29 Å². The zero-order valence-electron chi connectivity index (χ0n) is 19.6. The topological polar surface area (TPSA) is 39.5 Å². The van der Waals surface area contributed by atoms with Gasteiger partial charge in [0.05, 0.1) is 23.1 Å². The van der Waals surface area contributed by atoms with Crippen molar-refractivity contribution in [2.75, 3.05) is 13.1 Å². The van der Waals surface area contributed by atoms with Crippen LogP contribution in [0.2, 0.25) is 5.02 Å². The van der Waals surface area contributed by atoms with Gasteiger partial charge in [-0.25, -0.2) is 9.37 Å². The summed E-state index contributed by atoms with van der Waals surface area (Å²) in [4.78, 5) is 7.26. The van der Waals surface area contributed by atoms with E-state index in [1.54, 1.807) is 12.1 Å². The molecule has 0 bridgehead atoms. The van der Waals surface area contributed by atoms with Crippen LogP contribution in [0.4, 0.5) is 4.39 Å². The van der Waals surface area contributed by atoms with Crippen molar-refractivity contribution in [2.24, 2.45) is 7.05 Å². The molecule has 1 aromatic heterocycles. The summed E-state index contributed by atoms with van der Waals surface area (Å²) in [6, 6.07) is 16.8. The summed E-state index contributed by atoms with van der Waals surface area (Å²) in [5, 5.41) is 0.341. The number of aromatic nitrogens is 2. The van der Waals surface area contributed by atoms with Gasteiger partial charge in [0, 0.05) is 30.7 Å². The maximum absolute atomic E-state index is 14.5. The minimum absolute atomic E-state index is 0.331. The van der Waals surface area contributed by atoms with Gasteiger partial charge in [-0.2, -0.15) is 0 Å². The number of ether oxygens (including phenoxy) is 2. The van der Waals surface area contributed by atoms with Crippen LogP contribution in [-0.4, -0.2) is 27.5 Å². The number of fused-ring (bicyclic) bond motifs is 2. The first-order chi connectivity index (χ1) is 17.0. The fourth-order valence-corrected chi connectivity index (χ4v) is 5.01. The summed E-state index contributed by atoms with van der Waals surface area (Å²) in [6.45, 7) is 4.61. The van der Waals surface area contributed by atoms with Crippen LogP contribution in [0, 0.1) is 12.7 Å². The van der Waals surface area contributed by atoms with Gasteiger partial charge < -0.3 is 14.0 Å². The lowest BCUT2D eigenvalue weighted by Gasteiger charge is -2.26. The number of rotatable bonds is 4. The van der Waals surface area contributed by atoms with Crippen LogP contribution in [0.1, 0.15) is 35.2 Å². The van der Waals surface area contributed by atoms with Gasteiger partial charge in [-0.15, -0.1) is 0 Å². The minimum atomic E-state index is -0.828. The Morgan fingerprint density at radius 2 is 2.00 bits per heavy atom. The number of aryl methyl sites for hydroxylation is 2. The molecule has 0 spiro atoms. The van der Waals surface area contributed by atoms with Gasteiger partial charge >= 0.3 is 0 Å². The third kappa shape index (κ3) is 4.07. The van der Waals surface area contributed by atoms with Crippen LogP contribution in [0.3, 0.4) is 0 Å². The van der Waals surface area contributed by atoms with E-state index < -0.39 is 12.1 Å². The number of para-hydroxylation sites is 1. The fourth-order valence-electron chi connectivity index (χ4n) is 4.85. The average Bonchev–Trinajstić information content (AvgIpc) is 3.40. The highest BCUT2D eigenvalue weighted by molar-refractivity contribution is 6.30. The lowest BCUT2D eigenvalue weighted by Crippen LogP contribution is -2.29. The van der Waals surface area contributed by atoms with E-state index in [1.807, 2.05) is 18.2 Å². The minimum Gasteiger partial charge on any atom is -0.447 e. The Morgan fingerprint density at radius 1 is 1.11 bits per heavy atom. The highest BCUT2D eigenvalue weighted by Gasteiger charge is 2.31.